The molecule has 0 radical (unpaired) electrons. The number of anilines is 1. The van der Waals surface area contributed by atoms with Crippen LogP contribution < -0.4 is 5.32 Å². The smallest absolute Gasteiger partial charge is 0.407 e. The quantitative estimate of drug-likeness (QED) is 0.793. The maximum Gasteiger partial charge on any atom is 0.407 e. The second-order valence-electron chi connectivity index (χ2n) is 7.73. The number of rotatable bonds is 6. The maximum absolute atomic E-state index is 12.3. The lowest BCUT2D eigenvalue weighted by molar-refractivity contribution is 0.102. The summed E-state index contributed by atoms with van der Waals surface area (Å²) < 4.78 is 0. The summed E-state index contributed by atoms with van der Waals surface area (Å²) in [6.45, 7) is 2.66. The normalized spacial score (nSPS) is 20.8. The van der Waals surface area contributed by atoms with E-state index in [1.807, 2.05) is 55.5 Å². The Hall–Kier alpha value is -2.82. The number of hydrogen-bond donors (Lipinski definition) is 2. The molecule has 27 heavy (non-hydrogen) atoms. The molecular weight excluding hydrogens is 340 g/mol. The van der Waals surface area contributed by atoms with E-state index in [9.17, 15) is 14.7 Å². The molecule has 4 rings (SSSR count). The second kappa shape index (κ2) is 7.06. The van der Waals surface area contributed by atoms with E-state index in [0.717, 1.165) is 36.1 Å². The van der Waals surface area contributed by atoms with Gasteiger partial charge >= 0.3 is 6.09 Å². The van der Waals surface area contributed by atoms with E-state index in [1.165, 1.54) is 0 Å². The van der Waals surface area contributed by atoms with Gasteiger partial charge in [-0.1, -0.05) is 29.8 Å². The molecule has 2 aromatic rings. The van der Waals surface area contributed by atoms with E-state index in [1.54, 1.807) is 4.90 Å². The number of amides is 2. The SMILES string of the molecule is Cc1ccc(C(=O)Nc2ccc(C3CC3N(CC3CC3)C(=O)O)cc2)cc1. The van der Waals surface area contributed by atoms with Gasteiger partial charge in [-0.3, -0.25) is 4.79 Å². The van der Waals surface area contributed by atoms with Gasteiger partial charge in [0.1, 0.15) is 0 Å². The molecule has 2 aromatic carbocycles. The molecule has 0 aliphatic heterocycles. The zero-order valence-corrected chi connectivity index (χ0v) is 15.4. The van der Waals surface area contributed by atoms with Crippen molar-refractivity contribution in [3.05, 3.63) is 65.2 Å². The minimum absolute atomic E-state index is 0.0936. The predicted octanol–water partition coefficient (Wildman–Crippen LogP) is 4.49. The Morgan fingerprint density at radius 2 is 1.74 bits per heavy atom. The maximum atomic E-state index is 12.3. The number of benzene rings is 2. The molecule has 5 heteroatoms. The number of carbonyl (C=O) groups excluding carboxylic acids is 1. The van der Waals surface area contributed by atoms with Crippen LogP contribution in [0.4, 0.5) is 10.5 Å². The van der Waals surface area contributed by atoms with Crippen LogP contribution in [0, 0.1) is 12.8 Å². The molecule has 2 aliphatic rings. The first-order valence-corrected chi connectivity index (χ1v) is 9.49. The van der Waals surface area contributed by atoms with Gasteiger partial charge in [0.15, 0.2) is 0 Å². The van der Waals surface area contributed by atoms with Crippen LogP contribution in [0.1, 0.15) is 46.7 Å². The van der Waals surface area contributed by atoms with Gasteiger partial charge in [0.05, 0.1) is 0 Å². The van der Waals surface area contributed by atoms with Gasteiger partial charge in [0, 0.05) is 29.8 Å². The molecule has 2 N–H and O–H groups in total. The Morgan fingerprint density at radius 1 is 1.07 bits per heavy atom. The number of hydrogen-bond acceptors (Lipinski definition) is 2. The Morgan fingerprint density at radius 3 is 2.33 bits per heavy atom. The number of aryl methyl sites for hydroxylation is 1. The van der Waals surface area contributed by atoms with Gasteiger partial charge in [-0.25, -0.2) is 4.79 Å². The molecule has 0 spiro atoms. The van der Waals surface area contributed by atoms with Crippen LogP contribution in [0.3, 0.4) is 0 Å². The highest BCUT2D eigenvalue weighted by atomic mass is 16.4. The molecule has 2 aliphatic carbocycles. The highest BCUT2D eigenvalue weighted by Gasteiger charge is 2.46. The van der Waals surface area contributed by atoms with Gasteiger partial charge in [-0.2, -0.15) is 0 Å². The van der Waals surface area contributed by atoms with Crippen molar-refractivity contribution in [2.75, 3.05) is 11.9 Å². The molecule has 2 unspecified atom stereocenters. The third kappa shape index (κ3) is 4.13. The predicted molar refractivity (Wildman–Crippen MR) is 104 cm³/mol. The van der Waals surface area contributed by atoms with E-state index < -0.39 is 6.09 Å². The van der Waals surface area contributed by atoms with Crippen LogP contribution in [0.5, 0.6) is 0 Å². The van der Waals surface area contributed by atoms with Crippen molar-refractivity contribution in [3.63, 3.8) is 0 Å². The van der Waals surface area contributed by atoms with E-state index in [4.69, 9.17) is 0 Å². The zero-order valence-electron chi connectivity index (χ0n) is 15.4. The fraction of sp³-hybridized carbons (Fsp3) is 0.364. The van der Waals surface area contributed by atoms with Crippen LogP contribution in [0.25, 0.3) is 0 Å². The lowest BCUT2D eigenvalue weighted by Crippen LogP contribution is -2.34. The molecule has 2 atom stereocenters. The van der Waals surface area contributed by atoms with Gasteiger partial charge in [0.25, 0.3) is 5.91 Å². The molecule has 0 aromatic heterocycles. The van der Waals surface area contributed by atoms with Crippen molar-refractivity contribution >= 4 is 17.7 Å². The van der Waals surface area contributed by atoms with E-state index in [-0.39, 0.29) is 17.9 Å². The van der Waals surface area contributed by atoms with Crippen LogP contribution in [-0.4, -0.2) is 34.6 Å². The van der Waals surface area contributed by atoms with Crippen molar-refractivity contribution in [1.82, 2.24) is 4.90 Å². The van der Waals surface area contributed by atoms with Crippen LogP contribution in [0.2, 0.25) is 0 Å². The average Bonchev–Trinajstić information content (AvgIpc) is 3.55. The Kier molecular flexibility index (Phi) is 4.60. The molecule has 0 bridgehead atoms. The standard InChI is InChI=1S/C22H24N2O3/c1-14-2-6-17(7-3-14)21(25)23-18-10-8-16(9-11-18)19-12-20(19)24(22(26)27)13-15-4-5-15/h2-3,6-11,15,19-20H,4-5,12-13H2,1H3,(H,23,25)(H,26,27). The third-order valence-corrected chi connectivity index (χ3v) is 5.47. The van der Waals surface area contributed by atoms with Crippen LogP contribution >= 0.6 is 0 Å². The number of carboxylic acid groups (broad SMARTS) is 1. The fourth-order valence-corrected chi connectivity index (χ4v) is 3.54. The summed E-state index contributed by atoms with van der Waals surface area (Å²) in [5.41, 5.74) is 3.63. The first-order valence-electron chi connectivity index (χ1n) is 9.49. The van der Waals surface area contributed by atoms with Crippen molar-refractivity contribution < 1.29 is 14.7 Å². The largest absolute Gasteiger partial charge is 0.465 e. The van der Waals surface area contributed by atoms with E-state index in [0.29, 0.717) is 18.0 Å². The van der Waals surface area contributed by atoms with Crippen molar-refractivity contribution in [1.29, 1.82) is 0 Å². The van der Waals surface area contributed by atoms with Crippen LogP contribution in [0.15, 0.2) is 48.5 Å². The first-order chi connectivity index (χ1) is 13.0. The monoisotopic (exact) mass is 364 g/mol. The number of carbonyl (C=O) groups is 2. The summed E-state index contributed by atoms with van der Waals surface area (Å²) in [5.74, 6) is 0.692. The summed E-state index contributed by atoms with van der Waals surface area (Å²) in [4.78, 5) is 25.4. The van der Waals surface area contributed by atoms with Crippen molar-refractivity contribution in [3.8, 4) is 0 Å². The number of nitrogens with one attached hydrogen (secondary N) is 1. The van der Waals surface area contributed by atoms with Gasteiger partial charge in [-0.15, -0.1) is 0 Å². The Labute approximate surface area is 159 Å². The van der Waals surface area contributed by atoms with Gasteiger partial charge in [-0.05, 0) is 61.9 Å². The van der Waals surface area contributed by atoms with E-state index >= 15 is 0 Å². The Balaban J connectivity index is 1.37. The summed E-state index contributed by atoms with van der Waals surface area (Å²) in [6, 6.07) is 15.3. The van der Waals surface area contributed by atoms with Crippen LogP contribution in [-0.2, 0) is 0 Å². The van der Waals surface area contributed by atoms with Gasteiger partial charge in [0.2, 0.25) is 0 Å². The van der Waals surface area contributed by atoms with E-state index in [2.05, 4.69) is 5.32 Å². The summed E-state index contributed by atoms with van der Waals surface area (Å²) in [6.07, 6.45) is 2.37. The molecule has 2 saturated carbocycles. The molecule has 140 valence electrons. The summed E-state index contributed by atoms with van der Waals surface area (Å²) >= 11 is 0. The fourth-order valence-electron chi connectivity index (χ4n) is 3.54. The molecule has 0 saturated heterocycles. The third-order valence-electron chi connectivity index (χ3n) is 5.47. The second-order valence-corrected chi connectivity index (χ2v) is 7.73. The highest BCUT2D eigenvalue weighted by molar-refractivity contribution is 6.04. The number of nitrogens with zero attached hydrogens (tertiary/aromatic N) is 1. The topological polar surface area (TPSA) is 69.6 Å². The average molecular weight is 364 g/mol. The summed E-state index contributed by atoms with van der Waals surface area (Å²) in [5, 5.41) is 12.4. The zero-order chi connectivity index (χ0) is 19.0. The lowest BCUT2D eigenvalue weighted by atomic mass is 10.1. The summed E-state index contributed by atoms with van der Waals surface area (Å²) in [7, 11) is 0. The molecule has 0 heterocycles. The molecule has 2 amide bonds. The Bertz CT molecular complexity index is 841. The molecular formula is C22H24N2O3. The molecule has 2 fully saturated rings. The first kappa shape index (κ1) is 17.6. The van der Waals surface area contributed by atoms with Gasteiger partial charge < -0.3 is 15.3 Å². The van der Waals surface area contributed by atoms with Crippen molar-refractivity contribution in [2.24, 2.45) is 5.92 Å². The minimum atomic E-state index is -0.809. The molecule has 5 nitrogen and oxygen atoms in total. The highest BCUT2D eigenvalue weighted by Crippen LogP contribution is 2.46. The minimum Gasteiger partial charge on any atom is -0.465 e. The van der Waals surface area contributed by atoms with Crippen molar-refractivity contribution in [2.45, 2.75) is 38.1 Å². The lowest BCUT2D eigenvalue weighted by Gasteiger charge is -2.19.